The number of hydrogen-bond donors (Lipinski definition) is 0. The second-order valence-corrected chi connectivity index (χ2v) is 10.1. The number of nitrogens with zero attached hydrogens (tertiary/aromatic N) is 5. The lowest BCUT2D eigenvalue weighted by atomic mass is 9.81. The first kappa shape index (κ1) is 23.4. The van der Waals surface area contributed by atoms with E-state index in [1.165, 1.54) is 0 Å². The standard InChI is InChI=1S/C30H23N5O3S/c1-18(24-8-5-15-39-24)34-37-16-25-32-29-28-26(20-9-12-21(36-2)13-10-20)27-22-7-4-3-6-19(22)11-14-23(27)38-30(28)31-17-35(29)33-25/h3-15,17,26H,16H2,1-2H3/b34-18+. The zero-order valence-corrected chi connectivity index (χ0v) is 22.1. The number of rotatable bonds is 6. The number of aromatic nitrogens is 4. The summed E-state index contributed by atoms with van der Waals surface area (Å²) in [6.07, 6.45) is 1.63. The minimum Gasteiger partial charge on any atom is -0.497 e. The van der Waals surface area contributed by atoms with Gasteiger partial charge in [-0.1, -0.05) is 53.7 Å². The van der Waals surface area contributed by atoms with E-state index in [9.17, 15) is 0 Å². The summed E-state index contributed by atoms with van der Waals surface area (Å²) in [5.41, 5.74) is 4.47. The lowest BCUT2D eigenvalue weighted by Crippen LogP contribution is -2.15. The first-order chi connectivity index (χ1) is 19.2. The van der Waals surface area contributed by atoms with Gasteiger partial charge in [0.2, 0.25) is 5.88 Å². The fraction of sp³-hybridized carbons (Fsp3) is 0.133. The Balaban J connectivity index is 1.35. The summed E-state index contributed by atoms with van der Waals surface area (Å²) >= 11 is 1.62. The van der Waals surface area contributed by atoms with Gasteiger partial charge in [0.05, 0.1) is 23.3 Å². The molecule has 1 unspecified atom stereocenters. The molecule has 0 spiro atoms. The number of fused-ring (bicyclic) bond motifs is 6. The van der Waals surface area contributed by atoms with Gasteiger partial charge in [0.25, 0.3) is 0 Å². The Kier molecular flexibility index (Phi) is 5.70. The molecule has 1 atom stereocenters. The SMILES string of the molecule is COc1ccc(C2c3c(ccc4ccccc34)Oc3ncn4nc(CO/N=C(\C)c5cccs5)nc4c32)cc1. The molecule has 7 rings (SSSR count). The van der Waals surface area contributed by atoms with Gasteiger partial charge in [-0.15, -0.1) is 16.4 Å². The Morgan fingerprint density at radius 1 is 1.03 bits per heavy atom. The predicted octanol–water partition coefficient (Wildman–Crippen LogP) is 6.57. The van der Waals surface area contributed by atoms with E-state index in [-0.39, 0.29) is 12.5 Å². The molecule has 8 nitrogen and oxygen atoms in total. The van der Waals surface area contributed by atoms with Gasteiger partial charge in [0.15, 0.2) is 18.1 Å². The third kappa shape index (κ3) is 4.07. The van der Waals surface area contributed by atoms with Crippen molar-refractivity contribution in [2.75, 3.05) is 7.11 Å². The summed E-state index contributed by atoms with van der Waals surface area (Å²) in [6, 6.07) is 24.5. The minimum absolute atomic E-state index is 0.132. The molecule has 0 saturated carbocycles. The second kappa shape index (κ2) is 9.52. The summed E-state index contributed by atoms with van der Waals surface area (Å²) in [4.78, 5) is 16.2. The van der Waals surface area contributed by atoms with E-state index in [0.29, 0.717) is 17.4 Å². The molecule has 0 N–H and O–H groups in total. The molecular formula is C30H23N5O3S. The Hall–Kier alpha value is -4.76. The lowest BCUT2D eigenvalue weighted by molar-refractivity contribution is 0.125. The van der Waals surface area contributed by atoms with Crippen LogP contribution in [0.2, 0.25) is 0 Å². The average Bonchev–Trinajstić information content (AvgIpc) is 3.66. The Labute approximate surface area is 228 Å². The van der Waals surface area contributed by atoms with Crippen molar-refractivity contribution < 1.29 is 14.3 Å². The highest BCUT2D eigenvalue weighted by atomic mass is 32.1. The molecule has 0 aliphatic carbocycles. The van der Waals surface area contributed by atoms with Crippen LogP contribution in [0.1, 0.15) is 40.2 Å². The van der Waals surface area contributed by atoms with Gasteiger partial charge in [-0.2, -0.15) is 0 Å². The molecule has 0 saturated heterocycles. The number of oxime groups is 1. The third-order valence-electron chi connectivity index (χ3n) is 6.87. The maximum atomic E-state index is 6.38. The molecule has 9 heteroatoms. The van der Waals surface area contributed by atoms with Crippen molar-refractivity contribution in [3.63, 3.8) is 0 Å². The largest absolute Gasteiger partial charge is 0.497 e. The summed E-state index contributed by atoms with van der Waals surface area (Å²) < 4.78 is 13.5. The summed E-state index contributed by atoms with van der Waals surface area (Å²) in [5, 5.41) is 13.1. The quantitative estimate of drug-likeness (QED) is 0.178. The predicted molar refractivity (Wildman–Crippen MR) is 150 cm³/mol. The van der Waals surface area contributed by atoms with Crippen molar-refractivity contribution in [1.29, 1.82) is 0 Å². The lowest BCUT2D eigenvalue weighted by Gasteiger charge is -2.29. The van der Waals surface area contributed by atoms with Gasteiger partial charge in [-0.3, -0.25) is 0 Å². The van der Waals surface area contributed by atoms with Gasteiger partial charge >= 0.3 is 0 Å². The zero-order valence-electron chi connectivity index (χ0n) is 21.2. The number of benzene rings is 3. The molecule has 0 amide bonds. The van der Waals surface area contributed by atoms with Gasteiger partial charge < -0.3 is 14.3 Å². The van der Waals surface area contributed by atoms with Gasteiger partial charge in [0, 0.05) is 11.5 Å². The summed E-state index contributed by atoms with van der Waals surface area (Å²) in [5.74, 6) is 2.40. The molecule has 1 aliphatic rings. The van der Waals surface area contributed by atoms with Crippen molar-refractivity contribution >= 4 is 33.5 Å². The molecule has 0 radical (unpaired) electrons. The van der Waals surface area contributed by atoms with Crippen LogP contribution in [0, 0.1) is 0 Å². The first-order valence-electron chi connectivity index (χ1n) is 12.5. The van der Waals surface area contributed by atoms with E-state index in [0.717, 1.165) is 49.6 Å². The second-order valence-electron chi connectivity index (χ2n) is 9.19. The molecule has 4 heterocycles. The fourth-order valence-corrected chi connectivity index (χ4v) is 5.72. The topological polar surface area (TPSA) is 83.1 Å². The van der Waals surface area contributed by atoms with E-state index in [1.54, 1.807) is 29.3 Å². The molecule has 192 valence electrons. The van der Waals surface area contributed by atoms with Gasteiger partial charge in [-0.25, -0.2) is 14.5 Å². The van der Waals surface area contributed by atoms with E-state index >= 15 is 0 Å². The molecule has 3 aromatic heterocycles. The van der Waals surface area contributed by atoms with Crippen molar-refractivity contribution in [3.8, 4) is 17.4 Å². The van der Waals surface area contributed by atoms with Crippen molar-refractivity contribution in [1.82, 2.24) is 19.6 Å². The minimum atomic E-state index is -0.186. The van der Waals surface area contributed by atoms with Crippen LogP contribution < -0.4 is 9.47 Å². The highest BCUT2D eigenvalue weighted by Gasteiger charge is 2.34. The van der Waals surface area contributed by atoms with E-state index < -0.39 is 0 Å². The van der Waals surface area contributed by atoms with Crippen molar-refractivity contribution in [2.24, 2.45) is 5.16 Å². The van der Waals surface area contributed by atoms with Crippen LogP contribution >= 0.6 is 11.3 Å². The number of hydrogen-bond acceptors (Lipinski definition) is 8. The summed E-state index contributed by atoms with van der Waals surface area (Å²) in [7, 11) is 1.67. The Morgan fingerprint density at radius 2 is 1.90 bits per heavy atom. The van der Waals surface area contributed by atoms with Crippen LogP contribution in [0.4, 0.5) is 0 Å². The fourth-order valence-electron chi connectivity index (χ4n) is 5.06. The molecule has 3 aromatic carbocycles. The van der Waals surface area contributed by atoms with Crippen LogP contribution in [0.25, 0.3) is 16.4 Å². The van der Waals surface area contributed by atoms with Crippen LogP contribution in [-0.4, -0.2) is 32.4 Å². The zero-order chi connectivity index (χ0) is 26.3. The smallest absolute Gasteiger partial charge is 0.228 e. The van der Waals surface area contributed by atoms with E-state index in [1.807, 2.05) is 54.8 Å². The monoisotopic (exact) mass is 533 g/mol. The molecule has 0 bridgehead atoms. The van der Waals surface area contributed by atoms with Crippen LogP contribution in [-0.2, 0) is 11.4 Å². The highest BCUT2D eigenvalue weighted by molar-refractivity contribution is 7.12. The number of ether oxygens (including phenoxy) is 2. The third-order valence-corrected chi connectivity index (χ3v) is 7.85. The highest BCUT2D eigenvalue weighted by Crippen LogP contribution is 2.50. The normalized spacial score (nSPS) is 14.6. The van der Waals surface area contributed by atoms with Crippen LogP contribution in [0.5, 0.6) is 17.4 Å². The molecule has 6 aromatic rings. The molecular weight excluding hydrogens is 510 g/mol. The summed E-state index contributed by atoms with van der Waals surface area (Å²) in [6.45, 7) is 2.05. The van der Waals surface area contributed by atoms with Gasteiger partial charge in [0.1, 0.15) is 17.8 Å². The first-order valence-corrected chi connectivity index (χ1v) is 13.4. The maximum absolute atomic E-state index is 6.38. The number of thiophene rings is 1. The van der Waals surface area contributed by atoms with Crippen molar-refractivity contribution in [2.45, 2.75) is 19.4 Å². The van der Waals surface area contributed by atoms with Gasteiger partial charge in [-0.05, 0) is 52.9 Å². The average molecular weight is 534 g/mol. The van der Waals surface area contributed by atoms with Crippen LogP contribution in [0.3, 0.4) is 0 Å². The molecule has 1 aliphatic heterocycles. The molecule has 0 fully saturated rings. The van der Waals surface area contributed by atoms with Crippen LogP contribution in [0.15, 0.2) is 89.7 Å². The number of methoxy groups -OCH3 is 1. The van der Waals surface area contributed by atoms with E-state index in [4.69, 9.17) is 19.3 Å². The van der Waals surface area contributed by atoms with Crippen molar-refractivity contribution in [3.05, 3.63) is 112 Å². The Bertz CT molecular complexity index is 1850. The Morgan fingerprint density at radius 3 is 2.72 bits per heavy atom. The van der Waals surface area contributed by atoms with E-state index in [2.05, 4.69) is 45.6 Å². The maximum Gasteiger partial charge on any atom is 0.228 e. The molecule has 39 heavy (non-hydrogen) atoms.